The van der Waals surface area contributed by atoms with Crippen LogP contribution in [0, 0.1) is 11.8 Å². The number of hydroxylamine groups is 2. The van der Waals surface area contributed by atoms with E-state index in [0.717, 1.165) is 0 Å². The van der Waals surface area contributed by atoms with E-state index < -0.39 is 0 Å². The van der Waals surface area contributed by atoms with Gasteiger partial charge in [0.25, 0.3) is 0 Å². The fourth-order valence-corrected chi connectivity index (χ4v) is 2.72. The molecule has 0 amide bonds. The third kappa shape index (κ3) is 1.59. The van der Waals surface area contributed by atoms with Crippen LogP contribution in [0.2, 0.25) is 0 Å². The van der Waals surface area contributed by atoms with Crippen LogP contribution in [0.4, 0.5) is 0 Å². The maximum Gasteiger partial charge on any atom is 0.0575 e. The zero-order valence-electron chi connectivity index (χ0n) is 10.7. The van der Waals surface area contributed by atoms with Crippen molar-refractivity contribution in [1.29, 1.82) is 0 Å². The Balaban J connectivity index is 3.02. The Morgan fingerprint density at radius 1 is 1.00 bits per heavy atom. The first-order chi connectivity index (χ1) is 6.24. The van der Waals surface area contributed by atoms with Crippen molar-refractivity contribution in [3.8, 4) is 0 Å². The molecule has 0 aromatic heterocycles. The van der Waals surface area contributed by atoms with Gasteiger partial charge in [0.2, 0.25) is 0 Å². The Morgan fingerprint density at radius 3 is 1.64 bits per heavy atom. The molecule has 1 saturated heterocycles. The van der Waals surface area contributed by atoms with E-state index in [1.54, 1.807) is 7.11 Å². The summed E-state index contributed by atoms with van der Waals surface area (Å²) in [6.07, 6.45) is 1.28. The van der Waals surface area contributed by atoms with Crippen molar-refractivity contribution in [3.05, 3.63) is 0 Å². The SMILES string of the molecule is CON1C(C)(C)C(C)CC(C)C1(C)C. The molecule has 0 aliphatic carbocycles. The average Bonchev–Trinajstić information content (AvgIpc) is 2.01. The average molecular weight is 199 g/mol. The normalized spacial score (nSPS) is 37.1. The molecule has 2 nitrogen and oxygen atoms in total. The van der Waals surface area contributed by atoms with Crippen LogP contribution >= 0.6 is 0 Å². The summed E-state index contributed by atoms with van der Waals surface area (Å²) in [5.41, 5.74) is 0.259. The summed E-state index contributed by atoms with van der Waals surface area (Å²) >= 11 is 0. The summed E-state index contributed by atoms with van der Waals surface area (Å²) in [6.45, 7) is 13.7. The second kappa shape index (κ2) is 3.49. The minimum Gasteiger partial charge on any atom is -0.301 e. The minimum atomic E-state index is 0.130. The van der Waals surface area contributed by atoms with Crippen LogP contribution < -0.4 is 0 Å². The standard InChI is InChI=1S/C12H25NO/c1-9-8-10(2)12(5,6)13(14-7)11(9,3)4/h9-10H,8H2,1-7H3. The molecule has 2 unspecified atom stereocenters. The summed E-state index contributed by atoms with van der Waals surface area (Å²) in [4.78, 5) is 5.60. The predicted molar refractivity (Wildman–Crippen MR) is 60.0 cm³/mol. The topological polar surface area (TPSA) is 12.5 Å². The summed E-state index contributed by atoms with van der Waals surface area (Å²) in [6, 6.07) is 0. The highest BCUT2D eigenvalue weighted by Gasteiger charge is 2.49. The molecule has 1 aliphatic rings. The Hall–Kier alpha value is -0.0800. The second-order valence-corrected chi connectivity index (χ2v) is 5.82. The molecule has 1 fully saturated rings. The van der Waals surface area contributed by atoms with Crippen molar-refractivity contribution < 1.29 is 4.84 Å². The lowest BCUT2D eigenvalue weighted by molar-refractivity contribution is -0.290. The first-order valence-electron chi connectivity index (χ1n) is 5.59. The first-order valence-corrected chi connectivity index (χ1v) is 5.59. The highest BCUT2D eigenvalue weighted by Crippen LogP contribution is 2.44. The number of hydrogen-bond donors (Lipinski definition) is 0. The molecule has 0 spiro atoms. The highest BCUT2D eigenvalue weighted by molar-refractivity contribution is 4.99. The van der Waals surface area contributed by atoms with E-state index in [9.17, 15) is 0 Å². The van der Waals surface area contributed by atoms with Crippen LogP contribution in [-0.2, 0) is 4.84 Å². The summed E-state index contributed by atoms with van der Waals surface area (Å²) in [7, 11) is 1.79. The Bertz CT molecular complexity index is 190. The fraction of sp³-hybridized carbons (Fsp3) is 1.00. The molecular weight excluding hydrogens is 174 g/mol. The van der Waals surface area contributed by atoms with Gasteiger partial charge in [-0.25, -0.2) is 0 Å². The Labute approximate surface area is 88.6 Å². The van der Waals surface area contributed by atoms with Gasteiger partial charge >= 0.3 is 0 Å². The van der Waals surface area contributed by atoms with Gasteiger partial charge in [-0.3, -0.25) is 0 Å². The van der Waals surface area contributed by atoms with Gasteiger partial charge in [0.15, 0.2) is 0 Å². The van der Waals surface area contributed by atoms with Crippen LogP contribution in [0.1, 0.15) is 48.0 Å². The van der Waals surface area contributed by atoms with Crippen LogP contribution in [0.3, 0.4) is 0 Å². The largest absolute Gasteiger partial charge is 0.301 e. The maximum absolute atomic E-state index is 5.60. The zero-order chi connectivity index (χ0) is 11.1. The molecular formula is C12H25NO. The van der Waals surface area contributed by atoms with E-state index in [0.29, 0.717) is 11.8 Å². The van der Waals surface area contributed by atoms with Crippen molar-refractivity contribution in [2.45, 2.75) is 59.0 Å². The van der Waals surface area contributed by atoms with E-state index in [2.05, 4.69) is 46.6 Å². The molecule has 1 heterocycles. The van der Waals surface area contributed by atoms with Gasteiger partial charge < -0.3 is 4.84 Å². The minimum absolute atomic E-state index is 0.130. The van der Waals surface area contributed by atoms with Gasteiger partial charge in [0.05, 0.1) is 7.11 Å². The van der Waals surface area contributed by atoms with Gasteiger partial charge in [0, 0.05) is 11.1 Å². The van der Waals surface area contributed by atoms with Crippen LogP contribution in [-0.4, -0.2) is 23.3 Å². The zero-order valence-corrected chi connectivity index (χ0v) is 10.7. The van der Waals surface area contributed by atoms with E-state index in [4.69, 9.17) is 4.84 Å². The van der Waals surface area contributed by atoms with E-state index in [-0.39, 0.29) is 11.1 Å². The van der Waals surface area contributed by atoms with Crippen LogP contribution in [0.25, 0.3) is 0 Å². The van der Waals surface area contributed by atoms with Gasteiger partial charge in [-0.05, 0) is 46.0 Å². The molecule has 2 heteroatoms. The number of hydrogen-bond acceptors (Lipinski definition) is 2. The van der Waals surface area contributed by atoms with E-state index in [1.165, 1.54) is 6.42 Å². The smallest absolute Gasteiger partial charge is 0.0575 e. The van der Waals surface area contributed by atoms with Gasteiger partial charge in [-0.1, -0.05) is 13.8 Å². The van der Waals surface area contributed by atoms with Crippen molar-refractivity contribution in [2.75, 3.05) is 7.11 Å². The molecule has 0 N–H and O–H groups in total. The van der Waals surface area contributed by atoms with Gasteiger partial charge in [0.1, 0.15) is 0 Å². The lowest BCUT2D eigenvalue weighted by atomic mass is 9.69. The molecule has 2 atom stereocenters. The second-order valence-electron chi connectivity index (χ2n) is 5.82. The molecule has 1 aliphatic heterocycles. The van der Waals surface area contributed by atoms with Crippen LogP contribution in [0.15, 0.2) is 0 Å². The molecule has 1 rings (SSSR count). The van der Waals surface area contributed by atoms with Crippen molar-refractivity contribution in [3.63, 3.8) is 0 Å². The number of piperidine rings is 1. The molecule has 0 saturated carbocycles. The monoisotopic (exact) mass is 199 g/mol. The Morgan fingerprint density at radius 2 is 1.36 bits per heavy atom. The van der Waals surface area contributed by atoms with E-state index >= 15 is 0 Å². The molecule has 84 valence electrons. The quantitative estimate of drug-likeness (QED) is 0.643. The molecule has 0 radical (unpaired) electrons. The van der Waals surface area contributed by atoms with Gasteiger partial charge in [-0.2, -0.15) is 5.06 Å². The fourth-order valence-electron chi connectivity index (χ4n) is 2.72. The summed E-state index contributed by atoms with van der Waals surface area (Å²) < 4.78 is 0. The molecule has 14 heavy (non-hydrogen) atoms. The first kappa shape index (κ1) is 12.0. The number of nitrogens with zero attached hydrogens (tertiary/aromatic N) is 1. The van der Waals surface area contributed by atoms with Gasteiger partial charge in [-0.15, -0.1) is 0 Å². The molecule has 0 bridgehead atoms. The molecule has 0 aromatic rings. The summed E-state index contributed by atoms with van der Waals surface area (Å²) in [5.74, 6) is 1.34. The van der Waals surface area contributed by atoms with Crippen molar-refractivity contribution in [1.82, 2.24) is 5.06 Å². The third-order valence-corrected chi connectivity index (χ3v) is 4.35. The van der Waals surface area contributed by atoms with Crippen LogP contribution in [0.5, 0.6) is 0 Å². The summed E-state index contributed by atoms with van der Waals surface area (Å²) in [5, 5.41) is 2.18. The molecule has 0 aromatic carbocycles. The Kier molecular flexibility index (Phi) is 2.99. The lowest BCUT2D eigenvalue weighted by Gasteiger charge is -2.56. The number of rotatable bonds is 1. The van der Waals surface area contributed by atoms with Crippen molar-refractivity contribution >= 4 is 0 Å². The lowest BCUT2D eigenvalue weighted by Crippen LogP contribution is -2.64. The highest BCUT2D eigenvalue weighted by atomic mass is 16.7. The maximum atomic E-state index is 5.60. The predicted octanol–water partition coefficient (Wildman–Crippen LogP) is 3.08. The van der Waals surface area contributed by atoms with Crippen molar-refractivity contribution in [2.24, 2.45) is 11.8 Å². The third-order valence-electron chi connectivity index (χ3n) is 4.35. The van der Waals surface area contributed by atoms with E-state index in [1.807, 2.05) is 0 Å².